The van der Waals surface area contributed by atoms with Gasteiger partial charge in [-0.15, -0.1) is 0 Å². The summed E-state index contributed by atoms with van der Waals surface area (Å²) in [4.78, 5) is 11.6. The highest BCUT2D eigenvalue weighted by molar-refractivity contribution is 8.04. The molecule has 2 rings (SSSR count). The number of thioether (sulfide) groups is 2. The lowest BCUT2D eigenvalue weighted by molar-refractivity contribution is -0.153. The van der Waals surface area contributed by atoms with E-state index in [0.29, 0.717) is 25.7 Å². The third-order valence-electron chi connectivity index (χ3n) is 6.65. The van der Waals surface area contributed by atoms with Crippen molar-refractivity contribution in [2.24, 2.45) is 16.7 Å². The number of hydrogen-bond acceptors (Lipinski definition) is 8. The van der Waals surface area contributed by atoms with Crippen molar-refractivity contribution in [3.05, 3.63) is 0 Å². The lowest BCUT2D eigenvalue weighted by Gasteiger charge is -2.38. The Kier molecular flexibility index (Phi) is 12.8. The summed E-state index contributed by atoms with van der Waals surface area (Å²) in [6, 6.07) is 0. The van der Waals surface area contributed by atoms with Crippen LogP contribution in [0.5, 0.6) is 0 Å². The van der Waals surface area contributed by atoms with Crippen LogP contribution in [-0.2, 0) is 19.0 Å². The van der Waals surface area contributed by atoms with Gasteiger partial charge in [0.15, 0.2) is 0 Å². The molecule has 2 aliphatic carbocycles. The van der Waals surface area contributed by atoms with Crippen molar-refractivity contribution in [2.75, 3.05) is 37.9 Å². The quantitative estimate of drug-likeness (QED) is 0.230. The minimum Gasteiger partial charge on any atom is -0.461 e. The monoisotopic (exact) mass is 456 g/mol. The van der Waals surface area contributed by atoms with E-state index in [4.69, 9.17) is 24.7 Å². The van der Waals surface area contributed by atoms with Crippen LogP contribution in [-0.4, -0.2) is 50.0 Å². The number of rotatable bonds is 12. The van der Waals surface area contributed by atoms with Gasteiger partial charge >= 0.3 is 5.97 Å². The Morgan fingerprint density at radius 1 is 1.07 bits per heavy atom. The van der Waals surface area contributed by atoms with E-state index in [2.05, 4.69) is 27.7 Å². The predicted octanol–water partition coefficient (Wildman–Crippen LogP) is 4.99. The lowest BCUT2D eigenvalue weighted by atomic mass is 9.70. The number of esters is 1. The second kappa shape index (κ2) is 14.2. The number of carbonyl (C=O) groups is 1. The fraction of sp³-hybridized carbons (Fsp3) is 0.864. The number of thiocyanates is 2. The normalized spacial score (nSPS) is 25.7. The van der Waals surface area contributed by atoms with Crippen LogP contribution in [0, 0.1) is 38.1 Å². The molecule has 0 aromatic heterocycles. The van der Waals surface area contributed by atoms with Crippen LogP contribution in [0.4, 0.5) is 0 Å². The molecule has 0 radical (unpaired) electrons. The van der Waals surface area contributed by atoms with Gasteiger partial charge in [0, 0.05) is 17.8 Å². The molecule has 0 heterocycles. The summed E-state index contributed by atoms with van der Waals surface area (Å²) in [6.07, 6.45) is 5.72. The molecule has 2 aliphatic rings. The van der Waals surface area contributed by atoms with Gasteiger partial charge in [-0.25, -0.2) is 0 Å². The zero-order chi connectivity index (χ0) is 22.5. The molecule has 3 unspecified atom stereocenters. The van der Waals surface area contributed by atoms with Gasteiger partial charge in [0.25, 0.3) is 0 Å². The molecule has 2 saturated carbocycles. The molecule has 0 amide bonds. The summed E-state index contributed by atoms with van der Waals surface area (Å²) in [7, 11) is 0. The molecular formula is C22H36N2O4S2. The maximum Gasteiger partial charge on any atom is 0.317 e. The van der Waals surface area contributed by atoms with Crippen molar-refractivity contribution in [3.63, 3.8) is 0 Å². The van der Waals surface area contributed by atoms with Gasteiger partial charge in [0.05, 0.1) is 19.8 Å². The fourth-order valence-electron chi connectivity index (χ4n) is 4.31. The molecule has 0 aromatic carbocycles. The Morgan fingerprint density at radius 2 is 1.73 bits per heavy atom. The van der Waals surface area contributed by atoms with Crippen molar-refractivity contribution < 1.29 is 19.0 Å². The number of unbranched alkanes of at least 4 members (excludes halogenated alkanes) is 1. The summed E-state index contributed by atoms with van der Waals surface area (Å²) in [6.45, 7) is 11.7. The van der Waals surface area contributed by atoms with E-state index in [9.17, 15) is 4.79 Å². The predicted molar refractivity (Wildman–Crippen MR) is 122 cm³/mol. The average Bonchev–Trinajstić information content (AvgIpc) is 3.05. The molecular weight excluding hydrogens is 420 g/mol. The first kappa shape index (κ1) is 27.1. The van der Waals surface area contributed by atoms with E-state index < -0.39 is 0 Å². The number of nitriles is 2. The van der Waals surface area contributed by atoms with Gasteiger partial charge in [-0.05, 0) is 60.5 Å². The van der Waals surface area contributed by atoms with E-state index in [0.717, 1.165) is 43.4 Å². The van der Waals surface area contributed by atoms with Crippen molar-refractivity contribution in [3.8, 4) is 10.8 Å². The number of hydrogen-bond donors (Lipinski definition) is 0. The van der Waals surface area contributed by atoms with Crippen LogP contribution in [0.25, 0.3) is 0 Å². The topological polar surface area (TPSA) is 92.3 Å². The van der Waals surface area contributed by atoms with E-state index in [1.165, 1.54) is 24.6 Å². The Hall–Kier alpha value is -0.930. The number of nitrogens with zero attached hydrogens (tertiary/aromatic N) is 2. The van der Waals surface area contributed by atoms with Gasteiger partial charge in [0.1, 0.15) is 22.7 Å². The number of carbonyl (C=O) groups excluding carboxylic acids is 1. The Balaban J connectivity index is 0.000000314. The van der Waals surface area contributed by atoms with Gasteiger partial charge in [-0.1, -0.05) is 34.1 Å². The number of fused-ring (bicyclic) bond motifs is 2. The van der Waals surface area contributed by atoms with E-state index in [1.54, 1.807) is 0 Å². The van der Waals surface area contributed by atoms with Crippen LogP contribution in [0.2, 0.25) is 0 Å². The fourth-order valence-corrected chi connectivity index (χ4v) is 4.85. The lowest BCUT2D eigenvalue weighted by Crippen LogP contribution is -2.38. The molecule has 2 bridgehead atoms. The Morgan fingerprint density at radius 3 is 2.27 bits per heavy atom. The molecule has 6 nitrogen and oxygen atoms in total. The van der Waals surface area contributed by atoms with Crippen LogP contribution >= 0.6 is 23.5 Å². The number of ether oxygens (including phenoxy) is 3. The molecule has 170 valence electrons. The van der Waals surface area contributed by atoms with E-state index in [-0.39, 0.29) is 28.7 Å². The molecule has 0 saturated heterocycles. The van der Waals surface area contributed by atoms with Crippen LogP contribution in [0.3, 0.4) is 0 Å². The molecule has 0 aromatic rings. The van der Waals surface area contributed by atoms with Gasteiger partial charge in [-0.2, -0.15) is 10.5 Å². The molecule has 30 heavy (non-hydrogen) atoms. The Labute approximate surface area is 190 Å². The Bertz CT molecular complexity index is 603. The van der Waals surface area contributed by atoms with E-state index >= 15 is 0 Å². The van der Waals surface area contributed by atoms with Crippen molar-refractivity contribution in [2.45, 2.75) is 65.9 Å². The standard InChI is InChI=1S/C13H19NO2S.C9H17NO2S/c1-12(2)9-4-5-13(12,3)10(6-9)16-11(15)7-17-8-14;1-2-3-4-11-5-6-12-7-8-13-9-10/h9-10H,4-7H2,1-3H3;2-8H2,1H3. The summed E-state index contributed by atoms with van der Waals surface area (Å²) in [5.74, 6) is 1.32. The summed E-state index contributed by atoms with van der Waals surface area (Å²) in [5, 5.41) is 20.5. The zero-order valence-corrected chi connectivity index (χ0v) is 20.4. The first-order chi connectivity index (χ1) is 14.3. The molecule has 2 fully saturated rings. The minimum atomic E-state index is -0.244. The van der Waals surface area contributed by atoms with Crippen molar-refractivity contribution >= 4 is 29.5 Å². The maximum atomic E-state index is 11.6. The molecule has 0 aliphatic heterocycles. The third-order valence-corrected chi connectivity index (χ3v) is 7.66. The average molecular weight is 457 g/mol. The molecule has 3 atom stereocenters. The second-order valence-electron chi connectivity index (χ2n) is 8.49. The largest absolute Gasteiger partial charge is 0.461 e. The SMILES string of the molecule is CC1(C)C2CCC1(C)C(OC(=O)CSC#N)C2.CCCCOCCOCCSC#N. The van der Waals surface area contributed by atoms with Crippen molar-refractivity contribution in [1.29, 1.82) is 10.5 Å². The highest BCUT2D eigenvalue weighted by Crippen LogP contribution is 2.66. The van der Waals surface area contributed by atoms with Gasteiger partial charge in [-0.3, -0.25) is 4.79 Å². The minimum absolute atomic E-state index is 0.0445. The third kappa shape index (κ3) is 7.96. The van der Waals surface area contributed by atoms with Crippen LogP contribution in [0.1, 0.15) is 59.8 Å². The first-order valence-corrected chi connectivity index (χ1v) is 12.7. The van der Waals surface area contributed by atoms with Crippen molar-refractivity contribution in [1.82, 2.24) is 0 Å². The molecule has 8 heteroatoms. The second-order valence-corrected chi connectivity index (χ2v) is 10.1. The zero-order valence-electron chi connectivity index (χ0n) is 18.8. The van der Waals surface area contributed by atoms with Gasteiger partial charge < -0.3 is 14.2 Å². The van der Waals surface area contributed by atoms with E-state index in [1.807, 2.05) is 10.8 Å². The maximum absolute atomic E-state index is 11.6. The highest BCUT2D eigenvalue weighted by atomic mass is 32.2. The smallest absolute Gasteiger partial charge is 0.317 e. The summed E-state index contributed by atoms with van der Waals surface area (Å²) >= 11 is 2.17. The van der Waals surface area contributed by atoms with Crippen LogP contribution in [0.15, 0.2) is 0 Å². The molecule has 0 N–H and O–H groups in total. The van der Waals surface area contributed by atoms with Crippen LogP contribution < -0.4 is 0 Å². The summed E-state index contributed by atoms with van der Waals surface area (Å²) in [5.41, 5.74) is 0.380. The summed E-state index contributed by atoms with van der Waals surface area (Å²) < 4.78 is 16.1. The highest BCUT2D eigenvalue weighted by Gasteiger charge is 2.62. The molecule has 0 spiro atoms. The van der Waals surface area contributed by atoms with Gasteiger partial charge in [0.2, 0.25) is 0 Å². The first-order valence-electron chi connectivity index (χ1n) is 10.7.